The van der Waals surface area contributed by atoms with Gasteiger partial charge in [-0.15, -0.1) is 9.24 Å². The first-order valence-corrected chi connectivity index (χ1v) is 8.54. The minimum absolute atomic E-state index is 0.173. The molecular weight excluding hydrogens is 283 g/mol. The van der Waals surface area contributed by atoms with Crippen LogP contribution in [0.15, 0.2) is 83.8 Å². The SMILES string of the molecule is CC1(C)C=C(/C=C\C(=C/P)c2ccccc2)C2CC=CC=C21. The van der Waals surface area contributed by atoms with E-state index >= 15 is 0 Å². The van der Waals surface area contributed by atoms with E-state index in [-0.39, 0.29) is 5.41 Å². The second-order valence-corrected chi connectivity index (χ2v) is 6.86. The van der Waals surface area contributed by atoms with Crippen LogP contribution in [0, 0.1) is 11.3 Å². The Balaban J connectivity index is 1.87. The van der Waals surface area contributed by atoms with Gasteiger partial charge in [0.15, 0.2) is 0 Å². The van der Waals surface area contributed by atoms with E-state index in [1.807, 2.05) is 0 Å². The van der Waals surface area contributed by atoms with Crippen LogP contribution in [0.3, 0.4) is 0 Å². The van der Waals surface area contributed by atoms with Gasteiger partial charge in [0, 0.05) is 11.3 Å². The molecule has 112 valence electrons. The van der Waals surface area contributed by atoms with Gasteiger partial charge in [-0.25, -0.2) is 0 Å². The molecule has 0 amide bonds. The molecule has 3 rings (SSSR count). The van der Waals surface area contributed by atoms with Crippen molar-refractivity contribution in [1.82, 2.24) is 0 Å². The van der Waals surface area contributed by atoms with Crippen LogP contribution in [-0.4, -0.2) is 0 Å². The number of benzene rings is 1. The Morgan fingerprint density at radius 3 is 2.73 bits per heavy atom. The predicted octanol–water partition coefficient (Wildman–Crippen LogP) is 5.93. The third-order valence-electron chi connectivity index (χ3n) is 4.57. The number of fused-ring (bicyclic) bond motifs is 1. The van der Waals surface area contributed by atoms with Crippen molar-refractivity contribution in [2.75, 3.05) is 0 Å². The van der Waals surface area contributed by atoms with E-state index in [4.69, 9.17) is 0 Å². The lowest BCUT2D eigenvalue weighted by Crippen LogP contribution is -2.13. The van der Waals surface area contributed by atoms with Gasteiger partial charge < -0.3 is 0 Å². The van der Waals surface area contributed by atoms with Crippen LogP contribution in [0.1, 0.15) is 25.8 Å². The minimum Gasteiger partial charge on any atom is -0.113 e. The highest BCUT2D eigenvalue weighted by Gasteiger charge is 2.35. The van der Waals surface area contributed by atoms with Crippen LogP contribution in [0.25, 0.3) is 5.57 Å². The molecule has 2 unspecified atom stereocenters. The van der Waals surface area contributed by atoms with Crippen molar-refractivity contribution in [2.45, 2.75) is 20.3 Å². The summed E-state index contributed by atoms with van der Waals surface area (Å²) in [6.07, 6.45) is 14.9. The highest BCUT2D eigenvalue weighted by molar-refractivity contribution is 7.21. The zero-order chi connectivity index (χ0) is 15.6. The first-order valence-electron chi connectivity index (χ1n) is 7.87. The molecule has 0 aromatic heterocycles. The molecular formula is C21H23P. The Bertz CT molecular complexity index is 697. The molecule has 22 heavy (non-hydrogen) atoms. The van der Waals surface area contributed by atoms with Crippen LogP contribution in [0.2, 0.25) is 0 Å². The zero-order valence-electron chi connectivity index (χ0n) is 13.3. The Morgan fingerprint density at radius 2 is 2.00 bits per heavy atom. The van der Waals surface area contributed by atoms with Gasteiger partial charge in [-0.2, -0.15) is 0 Å². The van der Waals surface area contributed by atoms with Gasteiger partial charge in [-0.1, -0.05) is 92.0 Å². The van der Waals surface area contributed by atoms with Crippen LogP contribution in [-0.2, 0) is 0 Å². The molecule has 2 atom stereocenters. The van der Waals surface area contributed by atoms with Gasteiger partial charge in [-0.05, 0) is 23.1 Å². The summed E-state index contributed by atoms with van der Waals surface area (Å²) in [5.74, 6) is 2.65. The van der Waals surface area contributed by atoms with E-state index in [9.17, 15) is 0 Å². The molecule has 0 spiro atoms. The third-order valence-corrected chi connectivity index (χ3v) is 4.93. The number of hydrogen-bond acceptors (Lipinski definition) is 0. The summed E-state index contributed by atoms with van der Waals surface area (Å²) in [6, 6.07) is 10.5. The molecule has 0 fully saturated rings. The molecule has 0 saturated carbocycles. The molecule has 0 heterocycles. The van der Waals surface area contributed by atoms with E-state index in [1.54, 1.807) is 5.57 Å². The van der Waals surface area contributed by atoms with Crippen molar-refractivity contribution in [1.29, 1.82) is 0 Å². The van der Waals surface area contributed by atoms with E-state index in [0.717, 1.165) is 6.42 Å². The summed E-state index contributed by atoms with van der Waals surface area (Å²) in [7, 11) is 2.72. The van der Waals surface area contributed by atoms with Crippen LogP contribution >= 0.6 is 9.24 Å². The molecule has 2 aliphatic rings. The lowest BCUT2D eigenvalue weighted by atomic mass is 9.80. The largest absolute Gasteiger partial charge is 0.113 e. The van der Waals surface area contributed by atoms with Gasteiger partial charge in [0.2, 0.25) is 0 Å². The zero-order valence-corrected chi connectivity index (χ0v) is 14.4. The van der Waals surface area contributed by atoms with Gasteiger partial charge >= 0.3 is 0 Å². The van der Waals surface area contributed by atoms with E-state index in [2.05, 4.69) is 95.7 Å². The van der Waals surface area contributed by atoms with Crippen molar-refractivity contribution in [3.63, 3.8) is 0 Å². The summed E-state index contributed by atoms with van der Waals surface area (Å²) in [5, 5.41) is 0. The van der Waals surface area contributed by atoms with Gasteiger partial charge in [0.25, 0.3) is 0 Å². The fraction of sp³-hybridized carbons (Fsp3) is 0.238. The van der Waals surface area contributed by atoms with Crippen molar-refractivity contribution in [3.8, 4) is 0 Å². The standard InChI is InChI=1S/C21H23P/c1-21(2)14-17(19-10-6-7-11-20(19)21)12-13-18(15-22)16-8-4-3-5-9-16/h3-9,11-15,19H,10,22H2,1-2H3/b13-12-,18-15+. The van der Waals surface area contributed by atoms with Crippen molar-refractivity contribution < 1.29 is 0 Å². The van der Waals surface area contributed by atoms with Crippen molar-refractivity contribution in [3.05, 3.63) is 89.3 Å². The maximum absolute atomic E-state index is 2.72. The summed E-state index contributed by atoms with van der Waals surface area (Å²) < 4.78 is 0. The lowest BCUT2D eigenvalue weighted by molar-refractivity contribution is 0.545. The Morgan fingerprint density at radius 1 is 1.23 bits per heavy atom. The molecule has 0 aliphatic heterocycles. The smallest absolute Gasteiger partial charge is 0.00915 e. The van der Waals surface area contributed by atoms with Crippen LogP contribution < -0.4 is 0 Å². The summed E-state index contributed by atoms with van der Waals surface area (Å²) in [5.41, 5.74) is 5.66. The van der Waals surface area contributed by atoms with Gasteiger partial charge in [-0.3, -0.25) is 0 Å². The molecule has 1 heteroatoms. The number of hydrogen-bond donors (Lipinski definition) is 0. The molecule has 1 aromatic carbocycles. The minimum atomic E-state index is 0.173. The fourth-order valence-electron chi connectivity index (χ4n) is 3.44. The predicted molar refractivity (Wildman–Crippen MR) is 100 cm³/mol. The Kier molecular flexibility index (Phi) is 4.32. The van der Waals surface area contributed by atoms with Gasteiger partial charge in [0.05, 0.1) is 0 Å². The second kappa shape index (κ2) is 6.23. The summed E-state index contributed by atoms with van der Waals surface area (Å²) >= 11 is 0. The molecule has 0 saturated heterocycles. The maximum atomic E-state index is 2.72. The average Bonchev–Trinajstić information content (AvgIpc) is 2.81. The van der Waals surface area contributed by atoms with E-state index in [1.165, 1.54) is 16.7 Å². The first-order chi connectivity index (χ1) is 10.6. The molecule has 0 nitrogen and oxygen atoms in total. The molecule has 0 radical (unpaired) electrons. The van der Waals surface area contributed by atoms with Crippen LogP contribution in [0.4, 0.5) is 0 Å². The fourth-order valence-corrected chi connectivity index (χ4v) is 3.74. The summed E-state index contributed by atoms with van der Waals surface area (Å²) in [6.45, 7) is 4.63. The Labute approximate surface area is 136 Å². The lowest BCUT2D eigenvalue weighted by Gasteiger charge is -2.24. The van der Waals surface area contributed by atoms with Crippen molar-refractivity contribution in [2.24, 2.45) is 11.3 Å². The molecule has 0 N–H and O–H groups in total. The quantitative estimate of drug-likeness (QED) is 0.480. The highest BCUT2D eigenvalue weighted by Crippen LogP contribution is 2.48. The maximum Gasteiger partial charge on any atom is 0.00915 e. The topological polar surface area (TPSA) is 0 Å². The van der Waals surface area contributed by atoms with Crippen molar-refractivity contribution >= 4 is 14.8 Å². The average molecular weight is 306 g/mol. The highest BCUT2D eigenvalue weighted by atomic mass is 31.0. The van der Waals surface area contributed by atoms with Gasteiger partial charge in [0.1, 0.15) is 0 Å². The monoisotopic (exact) mass is 306 g/mol. The van der Waals surface area contributed by atoms with Crippen LogP contribution in [0.5, 0.6) is 0 Å². The normalized spacial score (nSPS) is 23.4. The number of allylic oxidation sites excluding steroid dienone is 9. The molecule has 2 aliphatic carbocycles. The second-order valence-electron chi connectivity index (χ2n) is 6.53. The number of rotatable bonds is 3. The van der Waals surface area contributed by atoms with E-state index < -0.39 is 0 Å². The molecule has 1 aromatic rings. The Hall–Kier alpha value is -1.65. The molecule has 0 bridgehead atoms. The van der Waals surface area contributed by atoms with E-state index in [0.29, 0.717) is 5.92 Å². The summed E-state index contributed by atoms with van der Waals surface area (Å²) in [4.78, 5) is 0. The first kappa shape index (κ1) is 15.3. The third kappa shape index (κ3) is 2.94.